The average molecular weight is 388 g/mol. The Hall–Kier alpha value is -0.893. The molecule has 0 fully saturated rings. The van der Waals surface area contributed by atoms with Crippen molar-refractivity contribution >= 4 is 14.4 Å². The Morgan fingerprint density at radius 3 is 2.31 bits per heavy atom. The summed E-state index contributed by atoms with van der Waals surface area (Å²) in [5.41, 5.74) is 0.180. The van der Waals surface area contributed by atoms with E-state index in [4.69, 9.17) is 13.9 Å². The van der Waals surface area contributed by atoms with Crippen LogP contribution in [0.3, 0.4) is 0 Å². The van der Waals surface area contributed by atoms with E-state index < -0.39 is 26.1 Å². The van der Waals surface area contributed by atoms with Gasteiger partial charge in [-0.25, -0.2) is 4.79 Å². The first-order valence-electron chi connectivity index (χ1n) is 9.19. The van der Waals surface area contributed by atoms with Gasteiger partial charge in [-0.05, 0) is 44.5 Å². The van der Waals surface area contributed by atoms with Gasteiger partial charge in [0.25, 0.3) is 0 Å². The Bertz CT molecular complexity index is 519. The van der Waals surface area contributed by atoms with Gasteiger partial charge in [0.15, 0.2) is 8.32 Å². The summed E-state index contributed by atoms with van der Waals surface area (Å²) in [6, 6.07) is -0.285. The van der Waals surface area contributed by atoms with E-state index in [0.717, 1.165) is 5.57 Å². The zero-order valence-corrected chi connectivity index (χ0v) is 18.9. The molecule has 0 saturated carbocycles. The van der Waals surface area contributed by atoms with E-state index in [1.54, 1.807) is 12.0 Å². The quantitative estimate of drug-likeness (QED) is 0.577. The second-order valence-electron chi connectivity index (χ2n) is 9.46. The van der Waals surface area contributed by atoms with Crippen molar-refractivity contribution in [1.29, 1.82) is 0 Å². The molecule has 152 valence electrons. The molecule has 0 aromatic carbocycles. The standard InChI is InChI=1S/C19H37NO5Si/c1-18(2,3)25-17(22)20-11-16(21)14(12-23-7)10-15(20)13-24-26(8,9)19(4,5)6/h10,15-16,21H,11-13H2,1-9H3/t15-,16?/m0/s1. The Kier molecular flexibility index (Phi) is 7.49. The van der Waals surface area contributed by atoms with Crippen LogP contribution in [0.2, 0.25) is 18.1 Å². The summed E-state index contributed by atoms with van der Waals surface area (Å²) in [7, 11) is -0.367. The van der Waals surface area contributed by atoms with Crippen molar-refractivity contribution < 1.29 is 23.8 Å². The smallest absolute Gasteiger partial charge is 0.410 e. The van der Waals surface area contributed by atoms with Crippen LogP contribution in [0.5, 0.6) is 0 Å². The molecule has 0 saturated heterocycles. The third-order valence-electron chi connectivity index (χ3n) is 4.96. The molecule has 1 aliphatic rings. The summed E-state index contributed by atoms with van der Waals surface area (Å²) in [6.45, 7) is 17.3. The van der Waals surface area contributed by atoms with Crippen molar-refractivity contribution in [3.63, 3.8) is 0 Å². The molecule has 1 heterocycles. The van der Waals surface area contributed by atoms with Gasteiger partial charge in [-0.15, -0.1) is 0 Å². The van der Waals surface area contributed by atoms with Gasteiger partial charge >= 0.3 is 6.09 Å². The fourth-order valence-corrected chi connectivity index (χ4v) is 3.40. The van der Waals surface area contributed by atoms with Crippen LogP contribution >= 0.6 is 0 Å². The molecule has 1 aliphatic heterocycles. The highest BCUT2D eigenvalue weighted by atomic mass is 28.4. The lowest BCUT2D eigenvalue weighted by Crippen LogP contribution is -2.53. The fourth-order valence-electron chi connectivity index (χ4n) is 2.38. The first-order valence-corrected chi connectivity index (χ1v) is 12.1. The van der Waals surface area contributed by atoms with Gasteiger partial charge in [0.1, 0.15) is 5.60 Å². The van der Waals surface area contributed by atoms with Crippen LogP contribution in [0.15, 0.2) is 11.6 Å². The molecule has 0 aromatic rings. The number of carbonyl (C=O) groups excluding carboxylic acids is 1. The van der Waals surface area contributed by atoms with Crippen LogP contribution in [0.4, 0.5) is 4.79 Å². The summed E-state index contributed by atoms with van der Waals surface area (Å²) >= 11 is 0. The molecule has 26 heavy (non-hydrogen) atoms. The van der Waals surface area contributed by atoms with Crippen LogP contribution in [0.25, 0.3) is 0 Å². The van der Waals surface area contributed by atoms with Crippen LogP contribution in [-0.2, 0) is 13.9 Å². The van der Waals surface area contributed by atoms with E-state index in [2.05, 4.69) is 33.9 Å². The molecule has 0 radical (unpaired) electrons. The van der Waals surface area contributed by atoms with Gasteiger partial charge in [0.05, 0.1) is 31.9 Å². The normalized spacial score (nSPS) is 22.2. The minimum atomic E-state index is -1.96. The highest BCUT2D eigenvalue weighted by molar-refractivity contribution is 6.74. The van der Waals surface area contributed by atoms with E-state index >= 15 is 0 Å². The van der Waals surface area contributed by atoms with Crippen LogP contribution in [-0.4, -0.2) is 69.0 Å². The van der Waals surface area contributed by atoms with Crippen molar-refractivity contribution in [3.8, 4) is 0 Å². The molecule has 7 heteroatoms. The maximum Gasteiger partial charge on any atom is 0.410 e. The second-order valence-corrected chi connectivity index (χ2v) is 14.3. The van der Waals surface area contributed by atoms with E-state index in [9.17, 15) is 9.90 Å². The number of hydrogen-bond acceptors (Lipinski definition) is 5. The molecule has 0 spiro atoms. The summed E-state index contributed by atoms with van der Waals surface area (Å²) < 4.78 is 17.0. The van der Waals surface area contributed by atoms with E-state index in [1.807, 2.05) is 26.8 Å². The molecule has 1 unspecified atom stereocenters. The van der Waals surface area contributed by atoms with Gasteiger partial charge < -0.3 is 19.0 Å². The Balaban J connectivity index is 3.02. The van der Waals surface area contributed by atoms with Crippen molar-refractivity contribution in [3.05, 3.63) is 11.6 Å². The molecule has 0 aromatic heterocycles. The van der Waals surface area contributed by atoms with Crippen LogP contribution < -0.4 is 0 Å². The molecule has 6 nitrogen and oxygen atoms in total. The molecular formula is C19H37NO5Si. The monoisotopic (exact) mass is 387 g/mol. The maximum atomic E-state index is 12.6. The Labute approximate surface area is 159 Å². The molecule has 1 rings (SSSR count). The zero-order chi connectivity index (χ0) is 20.3. The van der Waals surface area contributed by atoms with E-state index in [-0.39, 0.29) is 17.6 Å². The summed E-state index contributed by atoms with van der Waals surface area (Å²) in [5.74, 6) is 0. The second kappa shape index (κ2) is 8.42. The van der Waals surface area contributed by atoms with Crippen molar-refractivity contribution in [2.45, 2.75) is 77.4 Å². The maximum absolute atomic E-state index is 12.6. The number of carbonyl (C=O) groups is 1. The van der Waals surface area contributed by atoms with Crippen molar-refractivity contribution in [2.75, 3.05) is 26.9 Å². The Morgan fingerprint density at radius 1 is 1.27 bits per heavy atom. The highest BCUT2D eigenvalue weighted by Gasteiger charge is 2.40. The fraction of sp³-hybridized carbons (Fsp3) is 0.842. The Morgan fingerprint density at radius 2 is 1.85 bits per heavy atom. The SMILES string of the molecule is COCC1=C[C@@H](CO[Si](C)(C)C(C)(C)C)N(C(=O)OC(C)(C)C)CC1O. The van der Waals surface area contributed by atoms with Gasteiger partial charge in [0, 0.05) is 7.11 Å². The topological polar surface area (TPSA) is 68.2 Å². The molecule has 0 bridgehead atoms. The van der Waals surface area contributed by atoms with Gasteiger partial charge in [-0.3, -0.25) is 4.90 Å². The first-order chi connectivity index (χ1) is 11.7. The van der Waals surface area contributed by atoms with Crippen LogP contribution in [0.1, 0.15) is 41.5 Å². The number of aliphatic hydroxyl groups is 1. The molecule has 2 atom stereocenters. The number of amides is 1. The number of hydrogen-bond donors (Lipinski definition) is 1. The molecule has 0 aliphatic carbocycles. The molecular weight excluding hydrogens is 350 g/mol. The zero-order valence-electron chi connectivity index (χ0n) is 17.9. The average Bonchev–Trinajstić information content (AvgIpc) is 2.44. The lowest BCUT2D eigenvalue weighted by Gasteiger charge is -2.41. The number of aliphatic hydroxyl groups excluding tert-OH is 1. The van der Waals surface area contributed by atoms with E-state index in [0.29, 0.717) is 13.2 Å². The summed E-state index contributed by atoms with van der Waals surface area (Å²) in [4.78, 5) is 14.2. The lowest BCUT2D eigenvalue weighted by atomic mass is 10.0. The predicted molar refractivity (Wildman–Crippen MR) is 106 cm³/mol. The van der Waals surface area contributed by atoms with Crippen LogP contribution in [0, 0.1) is 0 Å². The lowest BCUT2D eigenvalue weighted by molar-refractivity contribution is 0.000996. The number of ether oxygens (including phenoxy) is 2. The number of nitrogens with zero attached hydrogens (tertiary/aromatic N) is 1. The summed E-state index contributed by atoms with van der Waals surface area (Å²) in [5, 5.41) is 10.4. The minimum Gasteiger partial charge on any atom is -0.444 e. The number of β-amino-alcohol motifs (C(OH)–C–C–N with tert-alkyl or cyclic N) is 1. The minimum absolute atomic E-state index is 0.0804. The largest absolute Gasteiger partial charge is 0.444 e. The molecule has 1 amide bonds. The van der Waals surface area contributed by atoms with Crippen molar-refractivity contribution in [2.24, 2.45) is 0 Å². The third kappa shape index (κ3) is 6.37. The van der Waals surface area contributed by atoms with Gasteiger partial charge in [-0.1, -0.05) is 26.8 Å². The number of methoxy groups -OCH3 is 1. The van der Waals surface area contributed by atoms with Crippen molar-refractivity contribution in [1.82, 2.24) is 4.90 Å². The number of rotatable bonds is 5. The first kappa shape index (κ1) is 23.1. The van der Waals surface area contributed by atoms with E-state index in [1.165, 1.54) is 0 Å². The third-order valence-corrected chi connectivity index (χ3v) is 9.47. The highest BCUT2D eigenvalue weighted by Crippen LogP contribution is 2.37. The van der Waals surface area contributed by atoms with Gasteiger partial charge in [-0.2, -0.15) is 0 Å². The predicted octanol–water partition coefficient (Wildman–Crippen LogP) is 3.56. The summed E-state index contributed by atoms with van der Waals surface area (Å²) in [6.07, 6.45) is 0.689. The molecule has 1 N–H and O–H groups in total. The van der Waals surface area contributed by atoms with Gasteiger partial charge in [0.2, 0.25) is 0 Å².